The van der Waals surface area contributed by atoms with Crippen LogP contribution in [0.2, 0.25) is 0 Å². The van der Waals surface area contributed by atoms with E-state index in [1.54, 1.807) is 0 Å². The van der Waals surface area contributed by atoms with Gasteiger partial charge in [-0.25, -0.2) is 0 Å². The van der Waals surface area contributed by atoms with Gasteiger partial charge in [-0.1, -0.05) is 54.6 Å². The Bertz CT molecular complexity index is 590. The molecule has 0 fully saturated rings. The molecule has 0 radical (unpaired) electrons. The largest absolute Gasteiger partial charge is 0.384 e. The number of nitrogens with two attached hydrogens (primary N) is 1. The second-order valence-corrected chi connectivity index (χ2v) is 5.56. The predicted molar refractivity (Wildman–Crippen MR) is 88.3 cm³/mol. The topological polar surface area (TPSA) is 53.1 Å². The summed E-state index contributed by atoms with van der Waals surface area (Å²) in [5.74, 6) is 0.133. The van der Waals surface area contributed by atoms with Crippen LogP contribution in [0.15, 0.2) is 54.6 Å². The second kappa shape index (κ2) is 7.04. The molecule has 0 atom stereocenters. The summed E-state index contributed by atoms with van der Waals surface area (Å²) in [5.41, 5.74) is 8.92. The van der Waals surface area contributed by atoms with Crippen LogP contribution in [0.4, 0.5) is 0 Å². The summed E-state index contributed by atoms with van der Waals surface area (Å²) >= 11 is 0. The Morgan fingerprint density at radius 1 is 1.00 bits per heavy atom. The third kappa shape index (κ3) is 4.17. The first-order valence-electron chi connectivity index (χ1n) is 7.28. The van der Waals surface area contributed by atoms with Gasteiger partial charge in [-0.05, 0) is 25.0 Å². The van der Waals surface area contributed by atoms with E-state index in [0.717, 1.165) is 24.2 Å². The van der Waals surface area contributed by atoms with Crippen molar-refractivity contribution < 1.29 is 0 Å². The van der Waals surface area contributed by atoms with E-state index in [9.17, 15) is 0 Å². The molecule has 0 heterocycles. The summed E-state index contributed by atoms with van der Waals surface area (Å²) in [4.78, 5) is 2.39. The fourth-order valence-electron chi connectivity index (χ4n) is 2.38. The molecule has 0 spiro atoms. The lowest BCUT2D eigenvalue weighted by atomic mass is 10.0. The van der Waals surface area contributed by atoms with Gasteiger partial charge in [0.05, 0.1) is 0 Å². The maximum Gasteiger partial charge on any atom is 0.123 e. The van der Waals surface area contributed by atoms with E-state index in [0.29, 0.717) is 6.04 Å². The molecule has 0 aliphatic heterocycles. The molecule has 3 N–H and O–H groups in total. The van der Waals surface area contributed by atoms with Crippen molar-refractivity contribution in [1.82, 2.24) is 4.90 Å². The van der Waals surface area contributed by atoms with Gasteiger partial charge >= 0.3 is 0 Å². The molecule has 0 amide bonds. The molecule has 0 bridgehead atoms. The minimum Gasteiger partial charge on any atom is -0.384 e. The van der Waals surface area contributed by atoms with Crippen molar-refractivity contribution in [2.45, 2.75) is 33.0 Å². The molecule has 0 unspecified atom stereocenters. The van der Waals surface area contributed by atoms with Crippen LogP contribution < -0.4 is 5.73 Å². The van der Waals surface area contributed by atoms with Gasteiger partial charge < -0.3 is 5.73 Å². The van der Waals surface area contributed by atoms with Gasteiger partial charge in [0.2, 0.25) is 0 Å². The molecule has 2 rings (SSSR count). The third-order valence-electron chi connectivity index (χ3n) is 3.64. The quantitative estimate of drug-likeness (QED) is 0.630. The van der Waals surface area contributed by atoms with Crippen molar-refractivity contribution in [2.24, 2.45) is 5.73 Å². The number of benzene rings is 2. The van der Waals surface area contributed by atoms with Crippen molar-refractivity contribution >= 4 is 5.84 Å². The van der Waals surface area contributed by atoms with Gasteiger partial charge in [-0.15, -0.1) is 0 Å². The summed E-state index contributed by atoms with van der Waals surface area (Å²) in [6.07, 6.45) is 0. The normalized spacial score (nSPS) is 11.0. The van der Waals surface area contributed by atoms with Crippen LogP contribution in [0.3, 0.4) is 0 Å². The van der Waals surface area contributed by atoms with E-state index in [4.69, 9.17) is 11.1 Å². The van der Waals surface area contributed by atoms with Gasteiger partial charge in [0.25, 0.3) is 0 Å². The van der Waals surface area contributed by atoms with Crippen LogP contribution in [0, 0.1) is 5.41 Å². The molecule has 2 aromatic carbocycles. The van der Waals surface area contributed by atoms with Gasteiger partial charge in [-0.3, -0.25) is 10.3 Å². The summed E-state index contributed by atoms with van der Waals surface area (Å²) in [5, 5.41) is 7.71. The Kier molecular flexibility index (Phi) is 5.12. The molecular formula is C18H23N3. The van der Waals surface area contributed by atoms with Gasteiger partial charge in [0.1, 0.15) is 5.84 Å². The smallest absolute Gasteiger partial charge is 0.123 e. The van der Waals surface area contributed by atoms with E-state index in [1.165, 1.54) is 5.56 Å². The van der Waals surface area contributed by atoms with Gasteiger partial charge in [-0.2, -0.15) is 0 Å². The molecule has 3 nitrogen and oxygen atoms in total. The van der Waals surface area contributed by atoms with Crippen LogP contribution in [-0.2, 0) is 13.1 Å². The summed E-state index contributed by atoms with van der Waals surface area (Å²) in [7, 11) is 0. The monoisotopic (exact) mass is 281 g/mol. The van der Waals surface area contributed by atoms with Crippen LogP contribution >= 0.6 is 0 Å². The Labute approximate surface area is 126 Å². The lowest BCUT2D eigenvalue weighted by molar-refractivity contribution is 0.203. The zero-order valence-corrected chi connectivity index (χ0v) is 12.7. The first-order chi connectivity index (χ1) is 10.1. The van der Waals surface area contributed by atoms with Crippen molar-refractivity contribution in [1.29, 1.82) is 5.41 Å². The number of nitrogen functional groups attached to an aromatic ring is 1. The fourth-order valence-corrected chi connectivity index (χ4v) is 2.38. The van der Waals surface area contributed by atoms with Crippen LogP contribution in [-0.4, -0.2) is 16.8 Å². The van der Waals surface area contributed by atoms with Crippen molar-refractivity contribution in [2.75, 3.05) is 0 Å². The maximum absolute atomic E-state index is 7.71. The highest BCUT2D eigenvalue weighted by atomic mass is 15.1. The molecule has 0 saturated carbocycles. The first kappa shape index (κ1) is 15.3. The summed E-state index contributed by atoms with van der Waals surface area (Å²) < 4.78 is 0. The summed E-state index contributed by atoms with van der Waals surface area (Å²) in [6.45, 7) is 6.08. The molecule has 110 valence electrons. The lowest BCUT2D eigenvalue weighted by Crippen LogP contribution is -2.31. The summed E-state index contributed by atoms with van der Waals surface area (Å²) in [6, 6.07) is 18.8. The SMILES string of the molecule is CC(C)N(Cc1ccccc1)Cc1ccccc1C(=N)N. The van der Waals surface area contributed by atoms with E-state index in [-0.39, 0.29) is 5.84 Å². The minimum absolute atomic E-state index is 0.133. The fraction of sp³-hybridized carbons (Fsp3) is 0.278. The van der Waals surface area contributed by atoms with Crippen molar-refractivity contribution in [3.63, 3.8) is 0 Å². The van der Waals surface area contributed by atoms with E-state index in [2.05, 4.69) is 49.1 Å². The maximum atomic E-state index is 7.71. The minimum atomic E-state index is 0.133. The molecular weight excluding hydrogens is 258 g/mol. The Hall–Kier alpha value is -2.13. The first-order valence-corrected chi connectivity index (χ1v) is 7.28. The highest BCUT2D eigenvalue weighted by molar-refractivity contribution is 5.96. The van der Waals surface area contributed by atoms with Crippen LogP contribution in [0.25, 0.3) is 0 Å². The number of rotatable bonds is 6. The number of nitrogens with one attached hydrogen (secondary N) is 1. The second-order valence-electron chi connectivity index (χ2n) is 5.56. The Morgan fingerprint density at radius 3 is 2.24 bits per heavy atom. The van der Waals surface area contributed by atoms with Crippen molar-refractivity contribution in [3.05, 3.63) is 71.3 Å². The predicted octanol–water partition coefficient (Wildman–Crippen LogP) is 3.38. The molecule has 3 heteroatoms. The average Bonchev–Trinajstić information content (AvgIpc) is 2.48. The highest BCUT2D eigenvalue weighted by Gasteiger charge is 2.13. The van der Waals surface area contributed by atoms with Crippen LogP contribution in [0.5, 0.6) is 0 Å². The standard InChI is InChI=1S/C18H23N3/c1-14(2)21(12-15-8-4-3-5-9-15)13-16-10-6-7-11-17(16)18(19)20/h3-11,14H,12-13H2,1-2H3,(H3,19,20). The number of amidine groups is 1. The molecule has 0 aliphatic carbocycles. The number of nitrogens with zero attached hydrogens (tertiary/aromatic N) is 1. The zero-order valence-electron chi connectivity index (χ0n) is 12.7. The molecule has 0 aromatic heterocycles. The van der Waals surface area contributed by atoms with Gasteiger partial charge in [0.15, 0.2) is 0 Å². The van der Waals surface area contributed by atoms with Crippen LogP contribution in [0.1, 0.15) is 30.5 Å². The van der Waals surface area contributed by atoms with E-state index < -0.39 is 0 Å². The molecule has 2 aromatic rings. The molecule has 0 saturated heterocycles. The Balaban J connectivity index is 2.19. The highest BCUT2D eigenvalue weighted by Crippen LogP contribution is 2.16. The third-order valence-corrected chi connectivity index (χ3v) is 3.64. The molecule has 21 heavy (non-hydrogen) atoms. The van der Waals surface area contributed by atoms with Crippen molar-refractivity contribution in [3.8, 4) is 0 Å². The zero-order chi connectivity index (χ0) is 15.2. The van der Waals surface area contributed by atoms with Gasteiger partial charge in [0, 0.05) is 24.7 Å². The Morgan fingerprint density at radius 2 is 1.62 bits per heavy atom. The lowest BCUT2D eigenvalue weighted by Gasteiger charge is -2.27. The van der Waals surface area contributed by atoms with E-state index >= 15 is 0 Å². The number of hydrogen-bond donors (Lipinski definition) is 2. The van der Waals surface area contributed by atoms with E-state index in [1.807, 2.05) is 24.3 Å². The molecule has 0 aliphatic rings. The average molecular weight is 281 g/mol. The number of hydrogen-bond acceptors (Lipinski definition) is 2.